The number of rotatable bonds is 9. The van der Waals surface area contributed by atoms with Gasteiger partial charge in [-0.05, 0) is 47.7 Å². The quantitative estimate of drug-likeness (QED) is 0.240. The van der Waals surface area contributed by atoms with E-state index in [1.807, 2.05) is 73.7 Å². The molecule has 0 spiro atoms. The molecule has 1 heterocycles. The van der Waals surface area contributed by atoms with Gasteiger partial charge in [-0.1, -0.05) is 86.3 Å². The Bertz CT molecular complexity index is 1280. The second-order valence-corrected chi connectivity index (χ2v) is 9.59. The summed E-state index contributed by atoms with van der Waals surface area (Å²) in [5, 5.41) is 11.3. The highest BCUT2D eigenvalue weighted by molar-refractivity contribution is 8.00. The van der Waals surface area contributed by atoms with Gasteiger partial charge in [-0.25, -0.2) is 4.68 Å². The number of carbonyl (C=O) groups is 1. The molecule has 0 radical (unpaired) electrons. The Labute approximate surface area is 209 Å². The van der Waals surface area contributed by atoms with E-state index < -0.39 is 5.25 Å². The summed E-state index contributed by atoms with van der Waals surface area (Å²) in [6.45, 7) is 6.45. The molecule has 1 amide bonds. The number of anilines is 1. The summed E-state index contributed by atoms with van der Waals surface area (Å²) in [7, 11) is 0. The molecule has 180 valence electrons. The van der Waals surface area contributed by atoms with E-state index in [4.69, 9.17) is 10.6 Å². The molecule has 0 aliphatic rings. The fourth-order valence-corrected chi connectivity index (χ4v) is 4.58. The van der Waals surface area contributed by atoms with Gasteiger partial charge in [0.25, 0.3) is 0 Å². The third-order valence-electron chi connectivity index (χ3n) is 5.49. The van der Waals surface area contributed by atoms with E-state index in [1.165, 1.54) is 16.4 Å². The minimum Gasteiger partial charge on any atom is -0.485 e. The van der Waals surface area contributed by atoms with Gasteiger partial charge in [0.15, 0.2) is 5.82 Å². The van der Waals surface area contributed by atoms with Crippen LogP contribution >= 0.6 is 11.8 Å². The summed E-state index contributed by atoms with van der Waals surface area (Å²) in [4.78, 5) is 13.2. The molecule has 1 unspecified atom stereocenters. The molecule has 7 nitrogen and oxygen atoms in total. The number of amides is 1. The van der Waals surface area contributed by atoms with Crippen molar-refractivity contribution >= 4 is 23.4 Å². The first-order chi connectivity index (χ1) is 16.9. The SMILES string of the molecule is Cc1ccc(C(C)C)c(OCc2nnc(SC(C(=O)Nc3ccccc3)c3ccccc3)n2N)c1. The van der Waals surface area contributed by atoms with Crippen LogP contribution in [0.15, 0.2) is 84.0 Å². The van der Waals surface area contributed by atoms with E-state index in [0.29, 0.717) is 16.9 Å². The molecular weight excluding hydrogens is 458 g/mol. The average Bonchev–Trinajstić information content (AvgIpc) is 3.21. The first-order valence-electron chi connectivity index (χ1n) is 11.4. The monoisotopic (exact) mass is 487 g/mol. The van der Waals surface area contributed by atoms with Gasteiger partial charge in [0, 0.05) is 5.69 Å². The number of aromatic nitrogens is 3. The highest BCUT2D eigenvalue weighted by Crippen LogP contribution is 2.35. The lowest BCUT2D eigenvalue weighted by Gasteiger charge is -2.17. The Balaban J connectivity index is 1.53. The van der Waals surface area contributed by atoms with Crippen LogP contribution in [-0.4, -0.2) is 20.8 Å². The maximum atomic E-state index is 13.2. The maximum absolute atomic E-state index is 13.2. The number of nitrogens with one attached hydrogen (secondary N) is 1. The predicted molar refractivity (Wildman–Crippen MR) is 140 cm³/mol. The molecule has 35 heavy (non-hydrogen) atoms. The van der Waals surface area contributed by atoms with Gasteiger partial charge < -0.3 is 15.9 Å². The van der Waals surface area contributed by atoms with Crippen LogP contribution in [0.25, 0.3) is 0 Å². The Morgan fingerprint density at radius 2 is 1.71 bits per heavy atom. The predicted octanol–water partition coefficient (Wildman–Crippen LogP) is 5.47. The number of nitrogens with two attached hydrogens (primary N) is 1. The number of ether oxygens (including phenoxy) is 1. The number of carbonyl (C=O) groups excluding carboxylic acids is 1. The fourth-order valence-electron chi connectivity index (χ4n) is 3.61. The maximum Gasteiger partial charge on any atom is 0.242 e. The first kappa shape index (κ1) is 24.3. The number of benzene rings is 3. The van der Waals surface area contributed by atoms with E-state index >= 15 is 0 Å². The zero-order valence-electron chi connectivity index (χ0n) is 20.0. The molecule has 4 aromatic rings. The minimum absolute atomic E-state index is 0.166. The number of thioether (sulfide) groups is 1. The summed E-state index contributed by atoms with van der Waals surface area (Å²) in [5.74, 6) is 7.76. The third kappa shape index (κ3) is 6.02. The molecule has 1 atom stereocenters. The molecule has 8 heteroatoms. The zero-order valence-corrected chi connectivity index (χ0v) is 20.8. The molecule has 0 bridgehead atoms. The van der Waals surface area contributed by atoms with Gasteiger partial charge >= 0.3 is 0 Å². The van der Waals surface area contributed by atoms with E-state index in [9.17, 15) is 4.79 Å². The van der Waals surface area contributed by atoms with Crippen LogP contribution < -0.4 is 15.9 Å². The normalized spacial score (nSPS) is 11.9. The lowest BCUT2D eigenvalue weighted by molar-refractivity contribution is -0.115. The summed E-state index contributed by atoms with van der Waals surface area (Å²) in [5.41, 5.74) is 3.80. The Morgan fingerprint density at radius 3 is 2.40 bits per heavy atom. The van der Waals surface area contributed by atoms with Gasteiger partial charge in [-0.3, -0.25) is 4.79 Å². The summed E-state index contributed by atoms with van der Waals surface area (Å²) in [6.07, 6.45) is 0. The highest BCUT2D eigenvalue weighted by Gasteiger charge is 2.25. The standard InChI is InChI=1S/C27H29N5O2S/c1-18(2)22-15-14-19(3)16-23(22)34-17-24-30-31-27(32(24)28)35-25(20-10-6-4-7-11-20)26(33)29-21-12-8-5-9-13-21/h4-16,18,25H,17,28H2,1-3H3,(H,29,33). The summed E-state index contributed by atoms with van der Waals surface area (Å²) in [6, 6.07) is 25.1. The van der Waals surface area contributed by atoms with Crippen molar-refractivity contribution in [1.82, 2.24) is 14.9 Å². The number of nitrogen functional groups attached to an aromatic ring is 1. The van der Waals surface area contributed by atoms with Crippen LogP contribution in [0.4, 0.5) is 5.69 Å². The van der Waals surface area contributed by atoms with E-state index in [-0.39, 0.29) is 12.5 Å². The van der Waals surface area contributed by atoms with E-state index in [0.717, 1.165) is 28.1 Å². The number of nitrogens with zero attached hydrogens (tertiary/aromatic N) is 3. The molecule has 0 saturated carbocycles. The topological polar surface area (TPSA) is 95.1 Å². The largest absolute Gasteiger partial charge is 0.485 e. The van der Waals surface area contributed by atoms with Crippen LogP contribution in [0.1, 0.15) is 47.5 Å². The Morgan fingerprint density at radius 1 is 1.03 bits per heavy atom. The molecule has 3 aromatic carbocycles. The minimum atomic E-state index is -0.569. The van der Waals surface area contributed by atoms with Crippen LogP contribution in [0, 0.1) is 6.92 Å². The lowest BCUT2D eigenvalue weighted by Crippen LogP contribution is -2.21. The van der Waals surface area contributed by atoms with E-state index in [1.54, 1.807) is 0 Å². The number of hydrogen-bond acceptors (Lipinski definition) is 6. The van der Waals surface area contributed by atoms with Gasteiger partial charge in [0.2, 0.25) is 11.1 Å². The number of aryl methyl sites for hydroxylation is 1. The van der Waals surface area contributed by atoms with Crippen molar-refractivity contribution in [1.29, 1.82) is 0 Å². The van der Waals surface area contributed by atoms with Crippen molar-refractivity contribution in [2.24, 2.45) is 0 Å². The fraction of sp³-hybridized carbons (Fsp3) is 0.222. The summed E-state index contributed by atoms with van der Waals surface area (Å²) >= 11 is 1.25. The van der Waals surface area contributed by atoms with Crippen molar-refractivity contribution in [2.45, 2.75) is 43.7 Å². The molecule has 4 rings (SSSR count). The lowest BCUT2D eigenvalue weighted by atomic mass is 10.0. The number of hydrogen-bond donors (Lipinski definition) is 2. The van der Waals surface area contributed by atoms with Crippen LogP contribution in [0.2, 0.25) is 0 Å². The average molecular weight is 488 g/mol. The number of para-hydroxylation sites is 1. The van der Waals surface area contributed by atoms with Crippen molar-refractivity contribution < 1.29 is 9.53 Å². The highest BCUT2D eigenvalue weighted by atomic mass is 32.2. The summed E-state index contributed by atoms with van der Waals surface area (Å²) < 4.78 is 7.47. The van der Waals surface area contributed by atoms with Gasteiger partial charge in [0.05, 0.1) is 0 Å². The molecular formula is C27H29N5O2S. The Kier molecular flexibility index (Phi) is 7.72. The van der Waals surface area contributed by atoms with Crippen molar-refractivity contribution in [2.75, 3.05) is 11.2 Å². The van der Waals surface area contributed by atoms with Crippen LogP contribution in [-0.2, 0) is 11.4 Å². The zero-order chi connectivity index (χ0) is 24.8. The smallest absolute Gasteiger partial charge is 0.242 e. The molecule has 0 fully saturated rings. The third-order valence-corrected chi connectivity index (χ3v) is 6.70. The van der Waals surface area contributed by atoms with E-state index in [2.05, 4.69) is 41.5 Å². The Hall–Kier alpha value is -3.78. The van der Waals surface area contributed by atoms with Crippen LogP contribution in [0.3, 0.4) is 0 Å². The molecule has 0 saturated heterocycles. The van der Waals surface area contributed by atoms with Crippen molar-refractivity contribution in [3.05, 3.63) is 101 Å². The molecule has 1 aromatic heterocycles. The van der Waals surface area contributed by atoms with Crippen molar-refractivity contribution in [3.63, 3.8) is 0 Å². The molecule has 3 N–H and O–H groups in total. The second kappa shape index (κ2) is 11.1. The second-order valence-electron chi connectivity index (χ2n) is 8.52. The molecule has 0 aliphatic carbocycles. The van der Waals surface area contributed by atoms with Gasteiger partial charge in [0.1, 0.15) is 17.6 Å². The van der Waals surface area contributed by atoms with Crippen LogP contribution in [0.5, 0.6) is 5.75 Å². The van der Waals surface area contributed by atoms with Crippen molar-refractivity contribution in [3.8, 4) is 5.75 Å². The van der Waals surface area contributed by atoms with Gasteiger partial charge in [-0.2, -0.15) is 0 Å². The molecule has 0 aliphatic heterocycles. The first-order valence-corrected chi connectivity index (χ1v) is 12.3. The van der Waals surface area contributed by atoms with Gasteiger partial charge in [-0.15, -0.1) is 10.2 Å².